The maximum atomic E-state index is 3.71. The van der Waals surface area contributed by atoms with Crippen molar-refractivity contribution in [3.63, 3.8) is 0 Å². The molecule has 3 heteroatoms. The molecule has 0 fully saturated rings. The summed E-state index contributed by atoms with van der Waals surface area (Å²) in [6.07, 6.45) is 1.20. The van der Waals surface area contributed by atoms with Gasteiger partial charge in [-0.25, -0.2) is 0 Å². The van der Waals surface area contributed by atoms with E-state index in [1.54, 1.807) is 0 Å². The van der Waals surface area contributed by atoms with Gasteiger partial charge in [-0.05, 0) is 50.6 Å². The topological polar surface area (TPSA) is 15.3 Å². The van der Waals surface area contributed by atoms with Gasteiger partial charge < -0.3 is 5.32 Å². The quantitative estimate of drug-likeness (QED) is 0.770. The van der Waals surface area contributed by atoms with Crippen LogP contribution in [0.2, 0.25) is 0 Å². The molecule has 0 unspecified atom stereocenters. The predicted octanol–water partition coefficient (Wildman–Crippen LogP) is 4.18. The molecular formula is C16H27BrN2. The van der Waals surface area contributed by atoms with Crippen molar-refractivity contribution in [3.8, 4) is 0 Å². The van der Waals surface area contributed by atoms with E-state index in [4.69, 9.17) is 0 Å². The van der Waals surface area contributed by atoms with E-state index in [2.05, 4.69) is 72.0 Å². The average Bonchev–Trinajstić information content (AvgIpc) is 2.38. The molecule has 0 aromatic heterocycles. The maximum absolute atomic E-state index is 3.71. The number of hydrogen-bond acceptors (Lipinski definition) is 2. The minimum atomic E-state index is 0.591. The zero-order valence-electron chi connectivity index (χ0n) is 12.7. The van der Waals surface area contributed by atoms with Crippen LogP contribution in [0.4, 0.5) is 0 Å². The summed E-state index contributed by atoms with van der Waals surface area (Å²) < 4.78 is 1.23. The first kappa shape index (κ1) is 16.7. The second-order valence-corrected chi connectivity index (χ2v) is 6.12. The van der Waals surface area contributed by atoms with Gasteiger partial charge in [-0.15, -0.1) is 0 Å². The summed E-state index contributed by atoms with van der Waals surface area (Å²) >= 11 is 3.71. The second-order valence-electron chi connectivity index (χ2n) is 5.27. The lowest BCUT2D eigenvalue weighted by Crippen LogP contribution is -2.31. The standard InChI is InChI=1S/C16H27BrN2/c1-5-9-19(13(3)4)12-15-8-7-14(10-16(15)17)11-18-6-2/h7-8,10,13,18H,5-6,9,11-12H2,1-4H3. The van der Waals surface area contributed by atoms with Gasteiger partial charge in [0.2, 0.25) is 0 Å². The van der Waals surface area contributed by atoms with Crippen LogP contribution in [-0.2, 0) is 13.1 Å². The van der Waals surface area contributed by atoms with Crippen molar-refractivity contribution in [2.24, 2.45) is 0 Å². The lowest BCUT2D eigenvalue weighted by Gasteiger charge is -2.26. The van der Waals surface area contributed by atoms with Crippen LogP contribution in [0.3, 0.4) is 0 Å². The highest BCUT2D eigenvalue weighted by molar-refractivity contribution is 9.10. The van der Waals surface area contributed by atoms with E-state index in [0.29, 0.717) is 6.04 Å². The van der Waals surface area contributed by atoms with Crippen LogP contribution >= 0.6 is 15.9 Å². The van der Waals surface area contributed by atoms with Crippen molar-refractivity contribution in [3.05, 3.63) is 33.8 Å². The summed E-state index contributed by atoms with van der Waals surface area (Å²) in [4.78, 5) is 2.52. The van der Waals surface area contributed by atoms with E-state index < -0.39 is 0 Å². The molecule has 1 N–H and O–H groups in total. The van der Waals surface area contributed by atoms with E-state index >= 15 is 0 Å². The summed E-state index contributed by atoms with van der Waals surface area (Å²) in [6.45, 7) is 13.0. The molecule has 2 nitrogen and oxygen atoms in total. The highest BCUT2D eigenvalue weighted by Gasteiger charge is 2.11. The van der Waals surface area contributed by atoms with Gasteiger partial charge in [0.05, 0.1) is 0 Å². The Kier molecular flexibility index (Phi) is 7.66. The van der Waals surface area contributed by atoms with Crippen molar-refractivity contribution >= 4 is 15.9 Å². The van der Waals surface area contributed by atoms with Crippen LogP contribution in [0.15, 0.2) is 22.7 Å². The first-order valence-electron chi connectivity index (χ1n) is 7.30. The van der Waals surface area contributed by atoms with Crippen LogP contribution in [0.25, 0.3) is 0 Å². The summed E-state index contributed by atoms with van der Waals surface area (Å²) in [5.41, 5.74) is 2.71. The molecule has 0 bridgehead atoms. The summed E-state index contributed by atoms with van der Waals surface area (Å²) in [5, 5.41) is 3.36. The molecule has 1 aromatic carbocycles. The van der Waals surface area contributed by atoms with E-state index in [1.807, 2.05) is 0 Å². The number of nitrogens with one attached hydrogen (secondary N) is 1. The number of nitrogens with zero attached hydrogens (tertiary/aromatic N) is 1. The molecule has 19 heavy (non-hydrogen) atoms. The van der Waals surface area contributed by atoms with Crippen molar-refractivity contribution in [2.75, 3.05) is 13.1 Å². The number of benzene rings is 1. The van der Waals surface area contributed by atoms with Crippen LogP contribution in [0.5, 0.6) is 0 Å². The molecule has 1 rings (SSSR count). The zero-order chi connectivity index (χ0) is 14.3. The Morgan fingerprint density at radius 1 is 1.26 bits per heavy atom. The van der Waals surface area contributed by atoms with Crippen LogP contribution in [0, 0.1) is 0 Å². The van der Waals surface area contributed by atoms with Gasteiger partial charge in [-0.2, -0.15) is 0 Å². The molecule has 0 aliphatic carbocycles. The summed E-state index contributed by atoms with van der Waals surface area (Å²) in [7, 11) is 0. The molecule has 0 aliphatic heterocycles. The average molecular weight is 327 g/mol. The van der Waals surface area contributed by atoms with Gasteiger partial charge >= 0.3 is 0 Å². The van der Waals surface area contributed by atoms with Crippen LogP contribution in [-0.4, -0.2) is 24.0 Å². The van der Waals surface area contributed by atoms with Crippen LogP contribution < -0.4 is 5.32 Å². The third-order valence-electron chi connectivity index (χ3n) is 3.31. The Hall–Kier alpha value is -0.380. The molecule has 0 heterocycles. The molecule has 1 aromatic rings. The molecule has 0 aliphatic rings. The Labute approximate surface area is 126 Å². The van der Waals surface area contributed by atoms with Crippen molar-refractivity contribution in [1.29, 1.82) is 0 Å². The van der Waals surface area contributed by atoms with Gasteiger partial charge in [0.25, 0.3) is 0 Å². The molecule has 0 spiro atoms. The molecular weight excluding hydrogens is 300 g/mol. The van der Waals surface area contributed by atoms with Gasteiger partial charge in [-0.3, -0.25) is 4.90 Å². The molecule has 0 saturated heterocycles. The summed E-state index contributed by atoms with van der Waals surface area (Å²) in [5.74, 6) is 0. The fraction of sp³-hybridized carbons (Fsp3) is 0.625. The minimum Gasteiger partial charge on any atom is -0.313 e. The number of rotatable bonds is 8. The maximum Gasteiger partial charge on any atom is 0.0247 e. The molecule has 108 valence electrons. The van der Waals surface area contributed by atoms with Crippen molar-refractivity contribution in [1.82, 2.24) is 10.2 Å². The first-order chi connectivity index (χ1) is 9.08. The van der Waals surface area contributed by atoms with Gasteiger partial charge in [-0.1, -0.05) is 41.9 Å². The van der Waals surface area contributed by atoms with E-state index in [9.17, 15) is 0 Å². The third kappa shape index (κ3) is 5.64. The molecule has 0 saturated carbocycles. The molecule has 0 radical (unpaired) electrons. The predicted molar refractivity (Wildman–Crippen MR) is 87.4 cm³/mol. The van der Waals surface area contributed by atoms with Crippen molar-refractivity contribution in [2.45, 2.75) is 53.2 Å². The monoisotopic (exact) mass is 326 g/mol. The summed E-state index contributed by atoms with van der Waals surface area (Å²) in [6, 6.07) is 7.31. The fourth-order valence-electron chi connectivity index (χ4n) is 2.12. The number of hydrogen-bond donors (Lipinski definition) is 1. The Bertz CT molecular complexity index is 377. The van der Waals surface area contributed by atoms with Gasteiger partial charge in [0.15, 0.2) is 0 Å². The van der Waals surface area contributed by atoms with Crippen molar-refractivity contribution < 1.29 is 0 Å². The lowest BCUT2D eigenvalue weighted by molar-refractivity contribution is 0.213. The third-order valence-corrected chi connectivity index (χ3v) is 4.05. The fourth-order valence-corrected chi connectivity index (χ4v) is 2.68. The van der Waals surface area contributed by atoms with Crippen LogP contribution in [0.1, 0.15) is 45.2 Å². The highest BCUT2D eigenvalue weighted by atomic mass is 79.9. The van der Waals surface area contributed by atoms with E-state index in [0.717, 1.165) is 26.2 Å². The normalized spacial score (nSPS) is 11.5. The van der Waals surface area contributed by atoms with E-state index in [1.165, 1.54) is 22.0 Å². The van der Waals surface area contributed by atoms with E-state index in [-0.39, 0.29) is 0 Å². The van der Waals surface area contributed by atoms with Gasteiger partial charge in [0, 0.05) is 23.6 Å². The lowest BCUT2D eigenvalue weighted by atomic mass is 10.1. The molecule has 0 amide bonds. The zero-order valence-corrected chi connectivity index (χ0v) is 14.3. The minimum absolute atomic E-state index is 0.591. The Morgan fingerprint density at radius 2 is 2.00 bits per heavy atom. The first-order valence-corrected chi connectivity index (χ1v) is 8.09. The Morgan fingerprint density at radius 3 is 2.53 bits per heavy atom. The SMILES string of the molecule is CCCN(Cc1ccc(CNCC)cc1Br)C(C)C. The number of halogens is 1. The second kappa shape index (κ2) is 8.72. The van der Waals surface area contributed by atoms with Gasteiger partial charge in [0.1, 0.15) is 0 Å². The molecule has 0 atom stereocenters. The Balaban J connectivity index is 2.72. The largest absolute Gasteiger partial charge is 0.313 e. The smallest absolute Gasteiger partial charge is 0.0247 e. The highest BCUT2D eigenvalue weighted by Crippen LogP contribution is 2.21.